The van der Waals surface area contributed by atoms with Crippen LogP contribution in [-0.2, 0) is 4.79 Å². The number of nitrogens with zero attached hydrogens (tertiary/aromatic N) is 2. The number of anilines is 1. The van der Waals surface area contributed by atoms with E-state index in [1.54, 1.807) is 17.5 Å². The van der Waals surface area contributed by atoms with Gasteiger partial charge in [-0.15, -0.1) is 11.3 Å². The number of nitrogens with one attached hydrogen (secondary N) is 1. The molecule has 1 aliphatic rings. The third kappa shape index (κ3) is 4.74. The molecule has 1 fully saturated rings. The number of likely N-dealkylation sites (tertiary alicyclic amines) is 1. The Balaban J connectivity index is 1.34. The highest BCUT2D eigenvalue weighted by Crippen LogP contribution is 2.26. The normalized spacial score (nSPS) is 14.6. The van der Waals surface area contributed by atoms with E-state index in [2.05, 4.69) is 26.2 Å². The maximum absolute atomic E-state index is 12.7. The van der Waals surface area contributed by atoms with Crippen molar-refractivity contribution in [3.63, 3.8) is 0 Å². The Morgan fingerprint density at radius 3 is 2.55 bits per heavy atom. The SMILES string of the molecule is O=C(Nc1cccc(-c2nccs2)c1)C1CCN(C(=O)c2ccc(Br)cc2)CC1. The zero-order valence-electron chi connectivity index (χ0n) is 15.7. The number of amides is 2. The number of hydrogen-bond acceptors (Lipinski definition) is 4. The molecule has 0 radical (unpaired) electrons. The fourth-order valence-corrected chi connectivity index (χ4v) is 4.36. The van der Waals surface area contributed by atoms with Crippen LogP contribution in [-0.4, -0.2) is 34.8 Å². The topological polar surface area (TPSA) is 62.3 Å². The highest BCUT2D eigenvalue weighted by molar-refractivity contribution is 9.10. The summed E-state index contributed by atoms with van der Waals surface area (Å²) in [5, 5.41) is 5.89. The van der Waals surface area contributed by atoms with Crippen molar-refractivity contribution >= 4 is 44.8 Å². The summed E-state index contributed by atoms with van der Waals surface area (Å²) in [4.78, 5) is 31.5. The van der Waals surface area contributed by atoms with Crippen LogP contribution in [0.25, 0.3) is 10.6 Å². The van der Waals surface area contributed by atoms with Crippen molar-refractivity contribution in [2.75, 3.05) is 18.4 Å². The molecule has 1 saturated heterocycles. The van der Waals surface area contributed by atoms with Gasteiger partial charge in [-0.05, 0) is 49.2 Å². The summed E-state index contributed by atoms with van der Waals surface area (Å²) in [6, 6.07) is 15.1. The van der Waals surface area contributed by atoms with E-state index in [0.29, 0.717) is 31.5 Å². The standard InChI is InChI=1S/C22H20BrN3O2S/c23-18-6-4-16(5-7-18)22(28)26-11-8-15(9-12-26)20(27)25-19-3-1-2-17(14-19)21-24-10-13-29-21/h1-7,10,13-15H,8-9,11-12H2,(H,25,27). The van der Waals surface area contributed by atoms with Crippen LogP contribution in [0.4, 0.5) is 5.69 Å². The molecular weight excluding hydrogens is 450 g/mol. The molecule has 1 aromatic heterocycles. The third-order valence-electron chi connectivity index (χ3n) is 5.05. The van der Waals surface area contributed by atoms with Gasteiger partial charge in [0.2, 0.25) is 5.91 Å². The second-order valence-corrected chi connectivity index (χ2v) is 8.79. The van der Waals surface area contributed by atoms with Gasteiger partial charge in [0.25, 0.3) is 5.91 Å². The van der Waals surface area contributed by atoms with Gasteiger partial charge in [0.05, 0.1) is 0 Å². The fourth-order valence-electron chi connectivity index (χ4n) is 3.46. The maximum Gasteiger partial charge on any atom is 0.253 e. The molecule has 148 valence electrons. The number of aromatic nitrogens is 1. The van der Waals surface area contributed by atoms with Gasteiger partial charge in [-0.1, -0.05) is 28.1 Å². The highest BCUT2D eigenvalue weighted by atomic mass is 79.9. The van der Waals surface area contributed by atoms with E-state index in [1.807, 2.05) is 58.8 Å². The Morgan fingerprint density at radius 1 is 1.10 bits per heavy atom. The average molecular weight is 470 g/mol. The Morgan fingerprint density at radius 2 is 1.86 bits per heavy atom. The van der Waals surface area contributed by atoms with Crippen LogP contribution in [0, 0.1) is 5.92 Å². The van der Waals surface area contributed by atoms with Crippen molar-refractivity contribution in [1.29, 1.82) is 0 Å². The van der Waals surface area contributed by atoms with Gasteiger partial charge in [0.1, 0.15) is 5.01 Å². The number of thiazole rings is 1. The maximum atomic E-state index is 12.7. The molecule has 1 N–H and O–H groups in total. The lowest BCUT2D eigenvalue weighted by molar-refractivity contribution is -0.121. The lowest BCUT2D eigenvalue weighted by Gasteiger charge is -2.31. The number of piperidine rings is 1. The van der Waals surface area contributed by atoms with Gasteiger partial charge in [-0.25, -0.2) is 4.98 Å². The second kappa shape index (κ2) is 8.88. The summed E-state index contributed by atoms with van der Waals surface area (Å²) < 4.78 is 0.948. The molecule has 0 unspecified atom stereocenters. The number of hydrogen-bond donors (Lipinski definition) is 1. The smallest absolute Gasteiger partial charge is 0.253 e. The van der Waals surface area contributed by atoms with Gasteiger partial charge >= 0.3 is 0 Å². The number of carbonyl (C=O) groups excluding carboxylic acids is 2. The van der Waals surface area contributed by atoms with Crippen molar-refractivity contribution in [1.82, 2.24) is 9.88 Å². The van der Waals surface area contributed by atoms with Crippen molar-refractivity contribution in [2.24, 2.45) is 5.92 Å². The van der Waals surface area contributed by atoms with Crippen LogP contribution < -0.4 is 5.32 Å². The van der Waals surface area contributed by atoms with Crippen molar-refractivity contribution < 1.29 is 9.59 Å². The zero-order chi connectivity index (χ0) is 20.2. The molecule has 2 heterocycles. The lowest BCUT2D eigenvalue weighted by atomic mass is 9.95. The molecule has 0 saturated carbocycles. The first-order valence-electron chi connectivity index (χ1n) is 9.46. The second-order valence-electron chi connectivity index (χ2n) is 6.98. The Labute approximate surface area is 181 Å². The summed E-state index contributed by atoms with van der Waals surface area (Å²) >= 11 is 4.95. The molecule has 0 bridgehead atoms. The molecule has 1 aliphatic heterocycles. The van der Waals surface area contributed by atoms with Crippen LogP contribution in [0.2, 0.25) is 0 Å². The Hall–Kier alpha value is -2.51. The molecule has 2 aromatic carbocycles. The zero-order valence-corrected chi connectivity index (χ0v) is 18.1. The van der Waals surface area contributed by atoms with Crippen LogP contribution in [0.15, 0.2) is 64.6 Å². The number of carbonyl (C=O) groups is 2. The van der Waals surface area contributed by atoms with E-state index in [1.165, 1.54) is 0 Å². The minimum Gasteiger partial charge on any atom is -0.339 e. The van der Waals surface area contributed by atoms with Gasteiger partial charge in [0, 0.05) is 51.9 Å². The fraction of sp³-hybridized carbons (Fsp3) is 0.227. The summed E-state index contributed by atoms with van der Waals surface area (Å²) in [5.41, 5.74) is 2.44. The molecule has 3 aromatic rings. The van der Waals surface area contributed by atoms with Crippen LogP contribution in [0.1, 0.15) is 23.2 Å². The molecule has 4 rings (SSSR count). The lowest BCUT2D eigenvalue weighted by Crippen LogP contribution is -2.41. The van der Waals surface area contributed by atoms with E-state index in [4.69, 9.17) is 0 Å². The van der Waals surface area contributed by atoms with E-state index in [-0.39, 0.29) is 17.7 Å². The van der Waals surface area contributed by atoms with Gasteiger partial charge in [-0.2, -0.15) is 0 Å². The van der Waals surface area contributed by atoms with Crippen molar-refractivity contribution in [3.8, 4) is 10.6 Å². The van der Waals surface area contributed by atoms with Gasteiger partial charge in [0.15, 0.2) is 0 Å². The first-order valence-corrected chi connectivity index (χ1v) is 11.1. The van der Waals surface area contributed by atoms with Crippen molar-refractivity contribution in [2.45, 2.75) is 12.8 Å². The number of halogens is 1. The molecule has 0 aliphatic carbocycles. The Kier molecular flexibility index (Phi) is 6.06. The van der Waals surface area contributed by atoms with Crippen LogP contribution >= 0.6 is 27.3 Å². The van der Waals surface area contributed by atoms with Crippen LogP contribution in [0.3, 0.4) is 0 Å². The molecule has 5 nitrogen and oxygen atoms in total. The van der Waals surface area contributed by atoms with E-state index < -0.39 is 0 Å². The van der Waals surface area contributed by atoms with E-state index >= 15 is 0 Å². The third-order valence-corrected chi connectivity index (χ3v) is 6.40. The average Bonchev–Trinajstić information content (AvgIpc) is 3.29. The quantitative estimate of drug-likeness (QED) is 0.580. The molecule has 29 heavy (non-hydrogen) atoms. The molecule has 0 spiro atoms. The molecule has 7 heteroatoms. The molecule has 2 amide bonds. The predicted molar refractivity (Wildman–Crippen MR) is 119 cm³/mol. The van der Waals surface area contributed by atoms with Gasteiger partial charge < -0.3 is 10.2 Å². The van der Waals surface area contributed by atoms with Crippen molar-refractivity contribution in [3.05, 3.63) is 70.1 Å². The highest BCUT2D eigenvalue weighted by Gasteiger charge is 2.28. The number of benzene rings is 2. The first-order chi connectivity index (χ1) is 14.1. The minimum absolute atomic E-state index is 0.0111. The predicted octanol–water partition coefficient (Wildman–Crippen LogP) is 5.06. The summed E-state index contributed by atoms with van der Waals surface area (Å²) in [6.07, 6.45) is 3.11. The monoisotopic (exact) mass is 469 g/mol. The Bertz CT molecular complexity index is 997. The van der Waals surface area contributed by atoms with E-state index in [0.717, 1.165) is 20.7 Å². The first kappa shape index (κ1) is 19.8. The minimum atomic E-state index is -0.0903. The summed E-state index contributed by atoms with van der Waals surface area (Å²) in [6.45, 7) is 1.18. The number of rotatable bonds is 4. The molecular formula is C22H20BrN3O2S. The van der Waals surface area contributed by atoms with Gasteiger partial charge in [-0.3, -0.25) is 9.59 Å². The summed E-state index contributed by atoms with van der Waals surface area (Å²) in [5.74, 6) is -0.0583. The van der Waals surface area contributed by atoms with E-state index in [9.17, 15) is 9.59 Å². The summed E-state index contributed by atoms with van der Waals surface area (Å²) in [7, 11) is 0. The largest absolute Gasteiger partial charge is 0.339 e. The van der Waals surface area contributed by atoms with Crippen LogP contribution in [0.5, 0.6) is 0 Å². The molecule has 0 atom stereocenters.